The molecule has 0 aliphatic carbocycles. The fraction of sp³-hybridized carbons (Fsp3) is 0.562. The quantitative estimate of drug-likeness (QED) is 0.838. The fourth-order valence-corrected chi connectivity index (χ4v) is 1.73. The number of methoxy groups -OCH3 is 1. The monoisotopic (exact) mass is 279 g/mol. The molecule has 0 amide bonds. The Morgan fingerprint density at radius 1 is 1.15 bits per heavy atom. The van der Waals surface area contributed by atoms with E-state index in [0.717, 1.165) is 11.4 Å². The molecule has 0 aliphatic heterocycles. The van der Waals surface area contributed by atoms with Crippen molar-refractivity contribution in [1.29, 1.82) is 0 Å². The summed E-state index contributed by atoms with van der Waals surface area (Å²) in [4.78, 5) is 12.2. The van der Waals surface area contributed by atoms with Gasteiger partial charge in [0, 0.05) is 5.69 Å². The Balaban J connectivity index is 2.78. The normalized spacial score (nSPS) is 12.9. The van der Waals surface area contributed by atoms with Crippen molar-refractivity contribution in [3.05, 3.63) is 24.3 Å². The lowest BCUT2D eigenvalue weighted by Gasteiger charge is -2.27. The van der Waals surface area contributed by atoms with Gasteiger partial charge in [-0.25, -0.2) is 4.79 Å². The van der Waals surface area contributed by atoms with Crippen LogP contribution in [0.15, 0.2) is 24.3 Å². The average Bonchev–Trinajstić information content (AvgIpc) is 2.34. The van der Waals surface area contributed by atoms with Crippen LogP contribution in [0.1, 0.15) is 34.6 Å². The minimum atomic E-state index is -0.480. The predicted octanol–water partition coefficient (Wildman–Crippen LogP) is 3.47. The topological polar surface area (TPSA) is 47.6 Å². The summed E-state index contributed by atoms with van der Waals surface area (Å²) in [5.74, 6) is 0.684. The molecule has 4 heteroatoms. The highest BCUT2D eigenvalue weighted by molar-refractivity contribution is 5.80. The number of hydrogen-bond donors (Lipinski definition) is 1. The van der Waals surface area contributed by atoms with Gasteiger partial charge < -0.3 is 14.8 Å². The Labute approximate surface area is 121 Å². The van der Waals surface area contributed by atoms with Crippen molar-refractivity contribution in [1.82, 2.24) is 0 Å². The highest BCUT2D eigenvalue weighted by atomic mass is 16.6. The summed E-state index contributed by atoms with van der Waals surface area (Å²) >= 11 is 0. The first-order chi connectivity index (χ1) is 9.23. The van der Waals surface area contributed by atoms with Crippen LogP contribution in [0.5, 0.6) is 5.75 Å². The number of esters is 1. The van der Waals surface area contributed by atoms with Gasteiger partial charge in [-0.1, -0.05) is 13.8 Å². The van der Waals surface area contributed by atoms with Crippen LogP contribution in [-0.2, 0) is 9.53 Å². The van der Waals surface area contributed by atoms with Crippen LogP contribution in [0, 0.1) is 5.92 Å². The van der Waals surface area contributed by atoms with E-state index < -0.39 is 5.60 Å². The number of ether oxygens (including phenoxy) is 2. The van der Waals surface area contributed by atoms with E-state index in [2.05, 4.69) is 5.32 Å². The molecular formula is C16H25NO3. The van der Waals surface area contributed by atoms with Crippen molar-refractivity contribution in [2.24, 2.45) is 5.92 Å². The van der Waals surface area contributed by atoms with Gasteiger partial charge >= 0.3 is 5.97 Å². The molecule has 0 heterocycles. The van der Waals surface area contributed by atoms with Crippen molar-refractivity contribution in [2.75, 3.05) is 12.4 Å². The number of rotatable bonds is 5. The number of nitrogens with one attached hydrogen (secondary N) is 1. The lowest BCUT2D eigenvalue weighted by atomic mass is 10.0. The maximum atomic E-state index is 12.2. The molecule has 20 heavy (non-hydrogen) atoms. The Morgan fingerprint density at radius 3 is 2.10 bits per heavy atom. The van der Waals surface area contributed by atoms with Gasteiger partial charge in [0.1, 0.15) is 17.4 Å². The number of anilines is 1. The van der Waals surface area contributed by atoms with Gasteiger partial charge in [-0.15, -0.1) is 0 Å². The molecule has 0 saturated heterocycles. The van der Waals surface area contributed by atoms with E-state index in [9.17, 15) is 4.79 Å². The first-order valence-electron chi connectivity index (χ1n) is 6.86. The van der Waals surface area contributed by atoms with Gasteiger partial charge in [-0.3, -0.25) is 0 Å². The van der Waals surface area contributed by atoms with E-state index in [-0.39, 0.29) is 17.9 Å². The van der Waals surface area contributed by atoms with Crippen LogP contribution in [0.4, 0.5) is 5.69 Å². The second kappa shape index (κ2) is 6.64. The molecule has 0 saturated carbocycles. The highest BCUT2D eigenvalue weighted by Crippen LogP contribution is 2.19. The minimum absolute atomic E-state index is 0.131. The number of carbonyl (C=O) groups is 1. The van der Waals surface area contributed by atoms with Crippen LogP contribution >= 0.6 is 0 Å². The second-order valence-corrected chi connectivity index (χ2v) is 6.13. The molecule has 0 spiro atoms. The standard InChI is InChI=1S/C16H25NO3/c1-11(2)14(15(18)20-16(3,4)5)17-12-7-9-13(19-6)10-8-12/h7-11,14,17H,1-6H3/t14-/m0/s1. The largest absolute Gasteiger partial charge is 0.497 e. The molecule has 0 aromatic heterocycles. The first kappa shape index (κ1) is 16.3. The van der Waals surface area contributed by atoms with Crippen molar-refractivity contribution in [3.8, 4) is 5.75 Å². The Bertz CT molecular complexity index is 432. The molecule has 0 radical (unpaired) electrons. The van der Waals surface area contributed by atoms with Crippen LogP contribution in [0.3, 0.4) is 0 Å². The van der Waals surface area contributed by atoms with Crippen LogP contribution < -0.4 is 10.1 Å². The smallest absolute Gasteiger partial charge is 0.329 e. The second-order valence-electron chi connectivity index (χ2n) is 6.13. The summed E-state index contributed by atoms with van der Waals surface area (Å²) in [5, 5.41) is 3.22. The van der Waals surface area contributed by atoms with Gasteiger partial charge in [-0.05, 0) is 51.0 Å². The zero-order valence-electron chi connectivity index (χ0n) is 13.2. The number of hydrogen-bond acceptors (Lipinski definition) is 4. The molecule has 112 valence electrons. The lowest BCUT2D eigenvalue weighted by molar-refractivity contribution is -0.156. The Hall–Kier alpha value is -1.71. The third-order valence-corrected chi connectivity index (χ3v) is 2.74. The zero-order valence-corrected chi connectivity index (χ0v) is 13.2. The van der Waals surface area contributed by atoms with E-state index in [4.69, 9.17) is 9.47 Å². The molecule has 1 aromatic carbocycles. The number of benzene rings is 1. The fourth-order valence-electron chi connectivity index (χ4n) is 1.73. The lowest BCUT2D eigenvalue weighted by Crippen LogP contribution is -2.39. The van der Waals surface area contributed by atoms with Crippen LogP contribution in [0.2, 0.25) is 0 Å². The van der Waals surface area contributed by atoms with E-state index in [1.807, 2.05) is 58.9 Å². The Kier molecular flexibility index (Phi) is 5.43. The molecule has 4 nitrogen and oxygen atoms in total. The molecule has 1 N–H and O–H groups in total. The maximum absolute atomic E-state index is 12.2. The molecule has 1 rings (SSSR count). The Morgan fingerprint density at radius 2 is 1.70 bits per heavy atom. The van der Waals surface area contributed by atoms with Crippen molar-refractivity contribution in [3.63, 3.8) is 0 Å². The van der Waals surface area contributed by atoms with Crippen LogP contribution in [-0.4, -0.2) is 24.7 Å². The molecule has 1 atom stereocenters. The summed E-state index contributed by atoms with van der Waals surface area (Å²) < 4.78 is 10.6. The van der Waals surface area contributed by atoms with Gasteiger partial charge in [0.05, 0.1) is 7.11 Å². The molecular weight excluding hydrogens is 254 g/mol. The van der Waals surface area contributed by atoms with Crippen molar-refractivity contribution in [2.45, 2.75) is 46.3 Å². The summed E-state index contributed by atoms with van der Waals surface area (Å²) in [7, 11) is 1.63. The van der Waals surface area contributed by atoms with E-state index in [1.165, 1.54) is 0 Å². The SMILES string of the molecule is COc1ccc(N[C@H](C(=O)OC(C)(C)C)C(C)C)cc1. The van der Waals surface area contributed by atoms with E-state index >= 15 is 0 Å². The summed E-state index contributed by atoms with van der Waals surface area (Å²) in [6.07, 6.45) is 0. The predicted molar refractivity (Wildman–Crippen MR) is 81.1 cm³/mol. The molecule has 0 fully saturated rings. The maximum Gasteiger partial charge on any atom is 0.329 e. The van der Waals surface area contributed by atoms with Crippen molar-refractivity contribution >= 4 is 11.7 Å². The van der Waals surface area contributed by atoms with Gasteiger partial charge in [0.2, 0.25) is 0 Å². The van der Waals surface area contributed by atoms with Gasteiger partial charge in [0.25, 0.3) is 0 Å². The van der Waals surface area contributed by atoms with E-state index in [1.54, 1.807) is 7.11 Å². The van der Waals surface area contributed by atoms with Crippen molar-refractivity contribution < 1.29 is 14.3 Å². The molecule has 0 aliphatic rings. The van der Waals surface area contributed by atoms with E-state index in [0.29, 0.717) is 0 Å². The summed E-state index contributed by atoms with van der Waals surface area (Å²) in [5.41, 5.74) is 0.390. The molecule has 1 aromatic rings. The molecule has 0 unspecified atom stereocenters. The molecule has 0 bridgehead atoms. The zero-order chi connectivity index (χ0) is 15.3. The average molecular weight is 279 g/mol. The third-order valence-electron chi connectivity index (χ3n) is 2.74. The first-order valence-corrected chi connectivity index (χ1v) is 6.86. The number of carbonyl (C=O) groups excluding carboxylic acids is 1. The van der Waals surface area contributed by atoms with Gasteiger partial charge in [0.15, 0.2) is 0 Å². The van der Waals surface area contributed by atoms with Crippen LogP contribution in [0.25, 0.3) is 0 Å². The third kappa shape index (κ3) is 5.11. The highest BCUT2D eigenvalue weighted by Gasteiger charge is 2.27. The summed E-state index contributed by atoms with van der Waals surface area (Å²) in [6, 6.07) is 7.11. The van der Waals surface area contributed by atoms with Gasteiger partial charge in [-0.2, -0.15) is 0 Å². The summed E-state index contributed by atoms with van der Waals surface area (Å²) in [6.45, 7) is 9.59. The minimum Gasteiger partial charge on any atom is -0.497 e.